The van der Waals surface area contributed by atoms with Gasteiger partial charge in [-0.1, -0.05) is 61.5 Å². The summed E-state index contributed by atoms with van der Waals surface area (Å²) in [6.07, 6.45) is 3.41. The maximum Gasteiger partial charge on any atom is 0.227 e. The summed E-state index contributed by atoms with van der Waals surface area (Å²) in [6, 6.07) is 18.5. The fourth-order valence-electron chi connectivity index (χ4n) is 3.63. The van der Waals surface area contributed by atoms with Gasteiger partial charge in [0.2, 0.25) is 5.91 Å². The van der Waals surface area contributed by atoms with Crippen LogP contribution < -0.4 is 5.32 Å². The molecule has 25 heavy (non-hydrogen) atoms. The summed E-state index contributed by atoms with van der Waals surface area (Å²) in [5.74, 6) is 0.0385. The average Bonchev–Trinajstić information content (AvgIpc) is 3.16. The van der Waals surface area contributed by atoms with Crippen molar-refractivity contribution < 1.29 is 4.79 Å². The molecule has 2 aromatic carbocycles. The predicted molar refractivity (Wildman–Crippen MR) is 102 cm³/mol. The van der Waals surface area contributed by atoms with Gasteiger partial charge in [-0.05, 0) is 49.0 Å². The Kier molecular flexibility index (Phi) is 6.24. The van der Waals surface area contributed by atoms with E-state index in [-0.39, 0.29) is 11.8 Å². The minimum absolute atomic E-state index is 0.0769. The van der Waals surface area contributed by atoms with E-state index < -0.39 is 0 Å². The highest BCUT2D eigenvalue weighted by Crippen LogP contribution is 2.20. The summed E-state index contributed by atoms with van der Waals surface area (Å²) in [4.78, 5) is 15.2. The summed E-state index contributed by atoms with van der Waals surface area (Å²) in [5, 5.41) is 3.16. The number of nitrogens with one attached hydrogen (secondary N) is 1. The van der Waals surface area contributed by atoms with Crippen LogP contribution >= 0.6 is 0 Å². The number of amides is 1. The van der Waals surface area contributed by atoms with E-state index in [0.29, 0.717) is 6.54 Å². The molecule has 1 saturated heterocycles. The first-order chi connectivity index (χ1) is 12.3. The van der Waals surface area contributed by atoms with Crippen LogP contribution in [0.1, 0.15) is 48.8 Å². The molecule has 0 aromatic heterocycles. The first-order valence-electron chi connectivity index (χ1n) is 9.39. The molecule has 1 amide bonds. The van der Waals surface area contributed by atoms with Crippen LogP contribution in [0.2, 0.25) is 0 Å². The van der Waals surface area contributed by atoms with Gasteiger partial charge in [-0.15, -0.1) is 0 Å². The molecule has 0 unspecified atom stereocenters. The first kappa shape index (κ1) is 17.7. The van der Waals surface area contributed by atoms with Crippen molar-refractivity contribution in [1.29, 1.82) is 0 Å². The quantitative estimate of drug-likeness (QED) is 0.826. The molecule has 3 rings (SSSR count). The predicted octanol–water partition coefficient (Wildman–Crippen LogP) is 4.09. The van der Waals surface area contributed by atoms with Crippen LogP contribution in [0.25, 0.3) is 0 Å². The van der Waals surface area contributed by atoms with Gasteiger partial charge in [-0.3, -0.25) is 9.69 Å². The Morgan fingerprint density at radius 3 is 2.32 bits per heavy atom. The second kappa shape index (κ2) is 8.82. The van der Waals surface area contributed by atoms with Crippen molar-refractivity contribution in [3.8, 4) is 0 Å². The highest BCUT2D eigenvalue weighted by atomic mass is 16.1. The summed E-state index contributed by atoms with van der Waals surface area (Å²) in [6.45, 7) is 6.03. The molecule has 0 spiro atoms. The number of carbonyl (C=O) groups is 1. The number of carbonyl (C=O) groups excluding carboxylic acids is 1. The van der Waals surface area contributed by atoms with Crippen LogP contribution in [0.4, 0.5) is 0 Å². The second-order valence-electron chi connectivity index (χ2n) is 6.84. The van der Waals surface area contributed by atoms with Gasteiger partial charge in [0, 0.05) is 13.1 Å². The van der Waals surface area contributed by atoms with Gasteiger partial charge in [0.1, 0.15) is 0 Å². The van der Waals surface area contributed by atoms with Gasteiger partial charge in [-0.2, -0.15) is 0 Å². The zero-order valence-corrected chi connectivity index (χ0v) is 15.1. The Morgan fingerprint density at radius 2 is 1.64 bits per heavy atom. The fourth-order valence-corrected chi connectivity index (χ4v) is 3.63. The van der Waals surface area contributed by atoms with E-state index in [1.165, 1.54) is 37.1 Å². The zero-order chi connectivity index (χ0) is 17.5. The molecule has 1 atom stereocenters. The van der Waals surface area contributed by atoms with E-state index in [2.05, 4.69) is 41.4 Å². The van der Waals surface area contributed by atoms with Gasteiger partial charge in [0.15, 0.2) is 0 Å². The lowest BCUT2D eigenvalue weighted by molar-refractivity contribution is -0.122. The van der Waals surface area contributed by atoms with Crippen LogP contribution in [-0.4, -0.2) is 23.9 Å². The average molecular weight is 336 g/mol. The van der Waals surface area contributed by atoms with E-state index in [0.717, 1.165) is 18.5 Å². The number of nitrogens with zero attached hydrogens (tertiary/aromatic N) is 1. The summed E-state index contributed by atoms with van der Waals surface area (Å²) in [7, 11) is 0. The van der Waals surface area contributed by atoms with Crippen LogP contribution in [0.5, 0.6) is 0 Å². The SMILES string of the molecule is CC[C@@H](C(=O)NCc1ccccc1CN1CCCC1)c1ccccc1. The van der Waals surface area contributed by atoms with E-state index >= 15 is 0 Å². The molecule has 0 bridgehead atoms. The van der Waals surface area contributed by atoms with E-state index in [1.54, 1.807) is 0 Å². The number of hydrogen-bond acceptors (Lipinski definition) is 2. The van der Waals surface area contributed by atoms with Crippen molar-refractivity contribution in [1.82, 2.24) is 10.2 Å². The maximum absolute atomic E-state index is 12.7. The normalized spacial score (nSPS) is 15.9. The minimum atomic E-state index is -0.0769. The molecule has 2 aromatic rings. The molecule has 3 heteroatoms. The van der Waals surface area contributed by atoms with Crippen molar-refractivity contribution >= 4 is 5.91 Å². The van der Waals surface area contributed by atoms with Crippen LogP contribution in [0.3, 0.4) is 0 Å². The Balaban J connectivity index is 1.63. The summed E-state index contributed by atoms with van der Waals surface area (Å²) in [5.41, 5.74) is 3.65. The van der Waals surface area contributed by atoms with Gasteiger partial charge < -0.3 is 5.32 Å². The van der Waals surface area contributed by atoms with Crippen molar-refractivity contribution in [2.24, 2.45) is 0 Å². The van der Waals surface area contributed by atoms with Crippen LogP contribution in [-0.2, 0) is 17.9 Å². The molecule has 0 saturated carbocycles. The number of likely N-dealkylation sites (tertiary alicyclic amines) is 1. The van der Waals surface area contributed by atoms with E-state index in [9.17, 15) is 4.79 Å². The third kappa shape index (κ3) is 4.70. The lowest BCUT2D eigenvalue weighted by Crippen LogP contribution is -2.29. The van der Waals surface area contributed by atoms with Gasteiger partial charge in [-0.25, -0.2) is 0 Å². The monoisotopic (exact) mass is 336 g/mol. The number of rotatable bonds is 7. The first-order valence-corrected chi connectivity index (χ1v) is 9.39. The number of benzene rings is 2. The largest absolute Gasteiger partial charge is 0.351 e. The molecule has 0 aliphatic carbocycles. The lowest BCUT2D eigenvalue weighted by Gasteiger charge is -2.19. The molecule has 1 fully saturated rings. The molecular formula is C22H28N2O. The number of hydrogen-bond donors (Lipinski definition) is 1. The summed E-state index contributed by atoms with van der Waals surface area (Å²) >= 11 is 0. The molecule has 1 heterocycles. The van der Waals surface area contributed by atoms with Gasteiger partial charge in [0.05, 0.1) is 5.92 Å². The lowest BCUT2D eigenvalue weighted by atomic mass is 9.95. The van der Waals surface area contributed by atoms with Crippen molar-refractivity contribution in [2.75, 3.05) is 13.1 Å². The molecule has 1 N–H and O–H groups in total. The minimum Gasteiger partial charge on any atom is -0.351 e. The van der Waals surface area contributed by atoms with Crippen LogP contribution in [0.15, 0.2) is 54.6 Å². The third-order valence-electron chi connectivity index (χ3n) is 5.09. The Morgan fingerprint density at radius 1 is 1.00 bits per heavy atom. The molecule has 1 aliphatic rings. The van der Waals surface area contributed by atoms with Crippen molar-refractivity contribution in [3.05, 3.63) is 71.3 Å². The Labute approximate surface area is 151 Å². The van der Waals surface area contributed by atoms with Gasteiger partial charge in [0.25, 0.3) is 0 Å². The maximum atomic E-state index is 12.7. The van der Waals surface area contributed by atoms with Gasteiger partial charge >= 0.3 is 0 Å². The molecule has 1 aliphatic heterocycles. The molecule has 3 nitrogen and oxygen atoms in total. The second-order valence-corrected chi connectivity index (χ2v) is 6.84. The highest BCUT2D eigenvalue weighted by Gasteiger charge is 2.19. The molecular weight excluding hydrogens is 308 g/mol. The standard InChI is InChI=1S/C22H28N2O/c1-2-21(18-10-4-3-5-11-18)22(25)23-16-19-12-6-7-13-20(19)17-24-14-8-9-15-24/h3-7,10-13,21H,2,8-9,14-17H2,1H3,(H,23,25)/t21-/m1/s1. The Hall–Kier alpha value is -2.13. The topological polar surface area (TPSA) is 32.3 Å². The smallest absolute Gasteiger partial charge is 0.227 e. The third-order valence-corrected chi connectivity index (χ3v) is 5.09. The highest BCUT2D eigenvalue weighted by molar-refractivity contribution is 5.83. The van der Waals surface area contributed by atoms with E-state index in [1.807, 2.05) is 30.3 Å². The van der Waals surface area contributed by atoms with Crippen molar-refractivity contribution in [2.45, 2.75) is 45.2 Å². The zero-order valence-electron chi connectivity index (χ0n) is 15.1. The van der Waals surface area contributed by atoms with Crippen molar-refractivity contribution in [3.63, 3.8) is 0 Å². The van der Waals surface area contributed by atoms with E-state index in [4.69, 9.17) is 0 Å². The fraction of sp³-hybridized carbons (Fsp3) is 0.409. The van der Waals surface area contributed by atoms with Crippen LogP contribution in [0, 0.1) is 0 Å². The molecule has 0 radical (unpaired) electrons. The molecule has 132 valence electrons. The Bertz CT molecular complexity index is 677. The summed E-state index contributed by atoms with van der Waals surface area (Å²) < 4.78 is 0.